The van der Waals surface area contributed by atoms with Crippen LogP contribution in [0, 0.1) is 5.92 Å². The fraction of sp³-hybridized carbons (Fsp3) is 0.850. The van der Waals surface area contributed by atoms with Crippen molar-refractivity contribution >= 4 is 17.8 Å². The molecule has 14 N–H and O–H groups in total. The van der Waals surface area contributed by atoms with Crippen molar-refractivity contribution in [1.29, 1.82) is 0 Å². The van der Waals surface area contributed by atoms with Gasteiger partial charge in [0.1, 0.15) is 0 Å². The van der Waals surface area contributed by atoms with Crippen LogP contribution in [-0.4, -0.2) is 60.8 Å². The highest BCUT2D eigenvalue weighted by Crippen LogP contribution is 2.27. The third kappa shape index (κ3) is 7.39. The summed E-state index contributed by atoms with van der Waals surface area (Å²) in [5.74, 6) is 3.33. The van der Waals surface area contributed by atoms with Gasteiger partial charge in [0.25, 0.3) is 0 Å². The maximum Gasteiger partial charge on any atom is 0.231 e. The summed E-state index contributed by atoms with van der Waals surface area (Å²) >= 11 is 0. The topological polar surface area (TPSA) is 214 Å². The smallest absolute Gasteiger partial charge is 0.231 e. The molecule has 3 fully saturated rings. The second kappa shape index (κ2) is 14.3. The van der Waals surface area contributed by atoms with E-state index in [1.807, 2.05) is 0 Å². The molecule has 0 saturated carbocycles. The molecule has 1 aromatic rings. The molecule has 11 nitrogen and oxygen atoms in total. The van der Waals surface area contributed by atoms with Crippen LogP contribution in [0.3, 0.4) is 0 Å². The Labute approximate surface area is 193 Å². The minimum absolute atomic E-state index is 0. The van der Waals surface area contributed by atoms with Crippen LogP contribution in [-0.2, 0) is 0 Å². The van der Waals surface area contributed by atoms with E-state index in [9.17, 15) is 0 Å². The van der Waals surface area contributed by atoms with Crippen LogP contribution in [0.4, 0.5) is 17.8 Å². The monoisotopic (exact) mass is 449 g/mol. The van der Waals surface area contributed by atoms with Crippen molar-refractivity contribution in [2.75, 3.05) is 60.5 Å². The van der Waals surface area contributed by atoms with Gasteiger partial charge in [-0.15, -0.1) is 0 Å². The Morgan fingerprint density at radius 3 is 1.52 bits per heavy atom. The van der Waals surface area contributed by atoms with Crippen molar-refractivity contribution < 1.29 is 5.71 Å². The van der Waals surface area contributed by atoms with E-state index >= 15 is 0 Å². The molecule has 3 aliphatic heterocycles. The van der Waals surface area contributed by atoms with E-state index in [4.69, 9.17) is 20.7 Å². The van der Waals surface area contributed by atoms with Crippen LogP contribution in [0.15, 0.2) is 0 Å². The molecule has 0 amide bonds. The Morgan fingerprint density at radius 2 is 1.06 bits per heavy atom. The number of piperidine rings is 3. The number of nitrogens with zero attached hydrogens (tertiary/aromatic N) is 6. The van der Waals surface area contributed by atoms with Gasteiger partial charge in [0, 0.05) is 45.0 Å². The van der Waals surface area contributed by atoms with Gasteiger partial charge < -0.3 is 45.0 Å². The summed E-state index contributed by atoms with van der Waals surface area (Å²) in [6, 6.07) is 0. The Hall–Kier alpha value is -1.79. The molecule has 0 spiro atoms. The summed E-state index contributed by atoms with van der Waals surface area (Å²) in [6.45, 7) is 7.12. The number of aromatic nitrogens is 3. The molecule has 0 bridgehead atoms. The standard InChI is InChI=1S/C20H35N7.4H3N.4H2/c21-10-9-17-8-7-15-27(16-17)20-23-18(25-11-3-1-4-12-25)22-19(24-20)26-13-5-2-6-14-26;;;;;;;;/h17H,1-16,21H2;4*1H3;4*1H. The normalized spacial score (nSPS) is 21.2. The molecule has 3 aliphatic rings. The summed E-state index contributed by atoms with van der Waals surface area (Å²) in [5, 5.41) is 0. The van der Waals surface area contributed by atoms with Crippen LogP contribution in [0.2, 0.25) is 0 Å². The molecule has 31 heavy (non-hydrogen) atoms. The zero-order valence-electron chi connectivity index (χ0n) is 19.5. The van der Waals surface area contributed by atoms with Crippen LogP contribution < -0.4 is 45.0 Å². The van der Waals surface area contributed by atoms with Gasteiger partial charge in [-0.3, -0.25) is 0 Å². The van der Waals surface area contributed by atoms with E-state index < -0.39 is 0 Å². The minimum Gasteiger partial charge on any atom is -0.344 e. The Bertz CT molecular complexity index is 582. The Kier molecular flexibility index (Phi) is 13.5. The third-order valence-electron chi connectivity index (χ3n) is 6.25. The lowest BCUT2D eigenvalue weighted by molar-refractivity contribution is 0.392. The molecule has 4 rings (SSSR count). The Morgan fingerprint density at radius 1 is 0.645 bits per heavy atom. The zero-order chi connectivity index (χ0) is 18.5. The average Bonchev–Trinajstić information content (AvgIpc) is 2.75. The van der Waals surface area contributed by atoms with Crippen molar-refractivity contribution in [3.63, 3.8) is 0 Å². The van der Waals surface area contributed by atoms with Crippen molar-refractivity contribution in [2.24, 2.45) is 11.7 Å². The highest BCUT2D eigenvalue weighted by atomic mass is 15.4. The largest absolute Gasteiger partial charge is 0.344 e. The lowest BCUT2D eigenvalue weighted by Gasteiger charge is -2.35. The summed E-state index contributed by atoms with van der Waals surface area (Å²) in [6.07, 6.45) is 11.2. The molecule has 1 unspecified atom stereocenters. The average molecular weight is 450 g/mol. The van der Waals surface area contributed by atoms with Crippen LogP contribution >= 0.6 is 0 Å². The van der Waals surface area contributed by atoms with Gasteiger partial charge in [-0.1, -0.05) is 0 Å². The van der Waals surface area contributed by atoms with Gasteiger partial charge in [0.15, 0.2) is 0 Å². The van der Waals surface area contributed by atoms with Gasteiger partial charge in [0.2, 0.25) is 17.8 Å². The van der Waals surface area contributed by atoms with E-state index in [0.717, 1.165) is 70.1 Å². The molecule has 0 aliphatic carbocycles. The summed E-state index contributed by atoms with van der Waals surface area (Å²) < 4.78 is 0. The summed E-state index contributed by atoms with van der Waals surface area (Å²) in [5.41, 5.74) is 5.81. The maximum atomic E-state index is 5.81. The number of rotatable bonds is 5. The van der Waals surface area contributed by atoms with E-state index in [-0.39, 0.29) is 30.3 Å². The number of hydrogen-bond acceptors (Lipinski definition) is 11. The lowest BCUT2D eigenvalue weighted by atomic mass is 9.95. The maximum absolute atomic E-state index is 5.81. The summed E-state index contributed by atoms with van der Waals surface area (Å²) in [7, 11) is 0. The second-order valence-electron chi connectivity index (χ2n) is 8.36. The lowest BCUT2D eigenvalue weighted by Crippen LogP contribution is -2.39. The zero-order valence-corrected chi connectivity index (χ0v) is 19.5. The Balaban J connectivity index is -0.000000375. The van der Waals surface area contributed by atoms with Gasteiger partial charge >= 0.3 is 0 Å². The molecule has 11 heteroatoms. The SMILES string of the molecule is N.N.N.N.NCCC1CCCN(c2nc(N3CCCCC3)nc(N3CCCCC3)n2)C1.[HH].[HH].[HH].[HH]. The van der Waals surface area contributed by atoms with E-state index in [2.05, 4.69) is 14.7 Å². The van der Waals surface area contributed by atoms with Crippen LogP contribution in [0.5, 0.6) is 0 Å². The van der Waals surface area contributed by atoms with Crippen molar-refractivity contribution in [2.45, 2.75) is 57.8 Å². The van der Waals surface area contributed by atoms with Crippen molar-refractivity contribution in [1.82, 2.24) is 39.6 Å². The number of hydrogen-bond donors (Lipinski definition) is 5. The molecule has 190 valence electrons. The fourth-order valence-electron chi connectivity index (χ4n) is 4.67. The molecule has 0 radical (unpaired) electrons. The molecule has 0 aromatic carbocycles. The van der Waals surface area contributed by atoms with E-state index in [0.29, 0.717) is 5.92 Å². The molecule has 1 atom stereocenters. The first-order chi connectivity index (χ1) is 13.3. The molecule has 4 heterocycles. The van der Waals surface area contributed by atoms with Gasteiger partial charge in [-0.25, -0.2) is 0 Å². The van der Waals surface area contributed by atoms with Gasteiger partial charge in [0.05, 0.1) is 0 Å². The van der Waals surface area contributed by atoms with Crippen molar-refractivity contribution in [3.8, 4) is 0 Å². The summed E-state index contributed by atoms with van der Waals surface area (Å²) in [4.78, 5) is 21.9. The quantitative estimate of drug-likeness (QED) is 0.431. The predicted molar refractivity (Wildman–Crippen MR) is 139 cm³/mol. The van der Waals surface area contributed by atoms with Gasteiger partial charge in [-0.05, 0) is 70.3 Å². The first kappa shape index (κ1) is 29.2. The van der Waals surface area contributed by atoms with Crippen LogP contribution in [0.25, 0.3) is 0 Å². The van der Waals surface area contributed by atoms with Crippen molar-refractivity contribution in [3.05, 3.63) is 0 Å². The number of anilines is 3. The van der Waals surface area contributed by atoms with Gasteiger partial charge in [-0.2, -0.15) is 15.0 Å². The first-order valence-electron chi connectivity index (χ1n) is 11.0. The first-order valence-corrected chi connectivity index (χ1v) is 11.0. The predicted octanol–water partition coefficient (Wildman–Crippen LogP) is 4.05. The minimum atomic E-state index is 0. The number of nitrogens with two attached hydrogens (primary N) is 1. The third-order valence-corrected chi connectivity index (χ3v) is 6.25. The highest BCUT2D eigenvalue weighted by Gasteiger charge is 2.25. The van der Waals surface area contributed by atoms with E-state index in [1.54, 1.807) is 0 Å². The second-order valence-corrected chi connectivity index (χ2v) is 8.36. The van der Waals surface area contributed by atoms with E-state index in [1.165, 1.54) is 51.4 Å². The molecular weight excluding hydrogens is 394 g/mol. The molecule has 3 saturated heterocycles. The molecule has 1 aromatic heterocycles. The van der Waals surface area contributed by atoms with Crippen LogP contribution in [0.1, 0.15) is 63.5 Å². The fourth-order valence-corrected chi connectivity index (χ4v) is 4.67. The highest BCUT2D eigenvalue weighted by molar-refractivity contribution is 5.47. The molecular formula is C20H55N11.